The molecule has 0 saturated carbocycles. The first kappa shape index (κ1) is 18.0. The molecule has 0 aromatic heterocycles. The van der Waals surface area contributed by atoms with Crippen molar-refractivity contribution in [2.75, 3.05) is 0 Å². The second kappa shape index (κ2) is 7.49. The van der Waals surface area contributed by atoms with E-state index in [1.807, 2.05) is 0 Å². The fraction of sp³-hybridized carbons (Fsp3) is 0.200. The first-order valence-corrected chi connectivity index (χ1v) is 8.82. The van der Waals surface area contributed by atoms with Crippen molar-refractivity contribution in [3.8, 4) is 11.5 Å². The first-order chi connectivity index (χ1) is 11.4. The number of phenolic OH excluding ortho intramolecular Hbond substituents is 2. The van der Waals surface area contributed by atoms with Gasteiger partial charge in [0.25, 0.3) is 0 Å². The smallest absolute Gasteiger partial charge is 0.122 e. The van der Waals surface area contributed by atoms with Gasteiger partial charge in [-0.25, -0.2) is 4.21 Å². The highest BCUT2D eigenvalue weighted by atomic mass is 32.2. The number of benzene rings is 2. The monoisotopic (exact) mass is 342 g/mol. The van der Waals surface area contributed by atoms with E-state index in [0.29, 0.717) is 44.9 Å². The van der Waals surface area contributed by atoms with Gasteiger partial charge in [-0.2, -0.15) is 0 Å². The van der Waals surface area contributed by atoms with E-state index in [-0.39, 0.29) is 11.5 Å². The SMILES string of the molecule is C=CCc1cc(S(=O)c2cc(C)c(O)c(CC=C)c2)cc(C)c1O. The molecule has 2 aromatic rings. The molecule has 4 heteroatoms. The number of allylic oxidation sites excluding steroid dienone is 2. The topological polar surface area (TPSA) is 57.5 Å². The van der Waals surface area contributed by atoms with Crippen LogP contribution in [0.4, 0.5) is 0 Å². The van der Waals surface area contributed by atoms with Crippen LogP contribution in [0.5, 0.6) is 11.5 Å². The Balaban J connectivity index is 2.53. The third kappa shape index (κ3) is 3.60. The predicted octanol–water partition coefficient (Wildman–Crippen LogP) is 4.34. The van der Waals surface area contributed by atoms with E-state index >= 15 is 0 Å². The van der Waals surface area contributed by atoms with Crippen molar-refractivity contribution < 1.29 is 14.4 Å². The Morgan fingerprint density at radius 1 is 0.875 bits per heavy atom. The van der Waals surface area contributed by atoms with E-state index in [9.17, 15) is 14.4 Å². The summed E-state index contributed by atoms with van der Waals surface area (Å²) >= 11 is 0. The maximum Gasteiger partial charge on any atom is 0.122 e. The normalized spacial score (nSPS) is 10.8. The summed E-state index contributed by atoms with van der Waals surface area (Å²) in [5, 5.41) is 20.2. The van der Waals surface area contributed by atoms with Crippen molar-refractivity contribution in [3.63, 3.8) is 0 Å². The van der Waals surface area contributed by atoms with Crippen LogP contribution in [-0.2, 0) is 23.6 Å². The number of aromatic hydroxyl groups is 2. The van der Waals surface area contributed by atoms with E-state index < -0.39 is 10.8 Å². The van der Waals surface area contributed by atoms with Gasteiger partial charge in [-0.1, -0.05) is 12.2 Å². The van der Waals surface area contributed by atoms with Crippen molar-refractivity contribution in [1.82, 2.24) is 0 Å². The van der Waals surface area contributed by atoms with Crippen molar-refractivity contribution in [1.29, 1.82) is 0 Å². The summed E-state index contributed by atoms with van der Waals surface area (Å²) < 4.78 is 13.0. The molecule has 0 aliphatic rings. The minimum Gasteiger partial charge on any atom is -0.507 e. The highest BCUT2D eigenvalue weighted by Crippen LogP contribution is 2.31. The summed E-state index contributed by atoms with van der Waals surface area (Å²) in [5.74, 6) is 0.426. The van der Waals surface area contributed by atoms with Gasteiger partial charge in [0, 0.05) is 9.79 Å². The second-order valence-corrected chi connectivity index (χ2v) is 7.23. The summed E-state index contributed by atoms with van der Waals surface area (Å²) in [6, 6.07) is 6.95. The minimum atomic E-state index is -1.40. The van der Waals surface area contributed by atoms with Gasteiger partial charge in [0.2, 0.25) is 0 Å². The van der Waals surface area contributed by atoms with Crippen LogP contribution in [0.15, 0.2) is 59.4 Å². The summed E-state index contributed by atoms with van der Waals surface area (Å²) in [4.78, 5) is 1.24. The van der Waals surface area contributed by atoms with Gasteiger partial charge in [0.15, 0.2) is 0 Å². The standard InChI is InChI=1S/C20H22O3S/c1-5-7-15-11-17(9-13(3)19(15)21)24(23)18-10-14(4)20(22)16(12-18)8-6-2/h5-6,9-12,21-22H,1-2,7-8H2,3-4H3. The lowest BCUT2D eigenvalue weighted by Crippen LogP contribution is -1.99. The number of hydrogen-bond donors (Lipinski definition) is 2. The van der Waals surface area contributed by atoms with E-state index in [4.69, 9.17) is 0 Å². The van der Waals surface area contributed by atoms with E-state index in [1.165, 1.54) is 0 Å². The van der Waals surface area contributed by atoms with Crippen LogP contribution in [0.1, 0.15) is 22.3 Å². The molecule has 0 radical (unpaired) electrons. The average molecular weight is 342 g/mol. The average Bonchev–Trinajstić information content (AvgIpc) is 2.55. The Kier molecular flexibility index (Phi) is 5.62. The van der Waals surface area contributed by atoms with E-state index in [0.717, 1.165) is 0 Å². The van der Waals surface area contributed by atoms with Crippen LogP contribution in [0.2, 0.25) is 0 Å². The molecule has 0 amide bonds. The molecule has 0 spiro atoms. The zero-order valence-corrected chi connectivity index (χ0v) is 14.8. The van der Waals surface area contributed by atoms with Crippen LogP contribution in [0.3, 0.4) is 0 Å². The van der Waals surface area contributed by atoms with Gasteiger partial charge in [-0.3, -0.25) is 0 Å². The molecule has 0 unspecified atom stereocenters. The number of hydrogen-bond acceptors (Lipinski definition) is 3. The van der Waals surface area contributed by atoms with Gasteiger partial charge < -0.3 is 10.2 Å². The van der Waals surface area contributed by atoms with Crippen molar-refractivity contribution in [2.45, 2.75) is 36.5 Å². The third-order valence-electron chi connectivity index (χ3n) is 3.86. The molecular weight excluding hydrogens is 320 g/mol. The molecule has 0 aliphatic carbocycles. The Bertz CT molecular complexity index is 755. The van der Waals surface area contributed by atoms with Gasteiger partial charge in [-0.15, -0.1) is 13.2 Å². The highest BCUT2D eigenvalue weighted by molar-refractivity contribution is 7.85. The van der Waals surface area contributed by atoms with Gasteiger partial charge in [0.1, 0.15) is 11.5 Å². The molecule has 2 N–H and O–H groups in total. The lowest BCUT2D eigenvalue weighted by Gasteiger charge is -2.12. The molecule has 2 aromatic carbocycles. The molecule has 0 bridgehead atoms. The number of phenols is 2. The number of rotatable bonds is 6. The third-order valence-corrected chi connectivity index (χ3v) is 5.19. The maximum absolute atomic E-state index is 13.0. The lowest BCUT2D eigenvalue weighted by molar-refractivity contribution is 0.464. The Labute approximate surface area is 145 Å². The Morgan fingerprint density at radius 3 is 1.58 bits per heavy atom. The van der Waals surface area contributed by atoms with Crippen molar-refractivity contribution in [2.24, 2.45) is 0 Å². The molecule has 126 valence electrons. The zero-order valence-electron chi connectivity index (χ0n) is 14.0. The van der Waals surface area contributed by atoms with Crippen LogP contribution < -0.4 is 0 Å². The Morgan fingerprint density at radius 2 is 1.25 bits per heavy atom. The van der Waals surface area contributed by atoms with E-state index in [2.05, 4.69) is 13.2 Å². The summed E-state index contributed by atoms with van der Waals surface area (Å²) in [6.07, 6.45) is 4.42. The minimum absolute atomic E-state index is 0.213. The molecule has 0 atom stereocenters. The van der Waals surface area contributed by atoms with Crippen LogP contribution >= 0.6 is 0 Å². The predicted molar refractivity (Wildman–Crippen MR) is 98.2 cm³/mol. The molecule has 24 heavy (non-hydrogen) atoms. The quantitative estimate of drug-likeness (QED) is 0.768. The van der Waals surface area contributed by atoms with Gasteiger partial charge in [-0.05, 0) is 73.2 Å². The fourth-order valence-electron chi connectivity index (χ4n) is 2.61. The summed E-state index contributed by atoms with van der Waals surface area (Å²) in [5.41, 5.74) is 2.77. The van der Waals surface area contributed by atoms with E-state index in [1.54, 1.807) is 50.3 Å². The van der Waals surface area contributed by atoms with Crippen molar-refractivity contribution >= 4 is 10.8 Å². The lowest BCUT2D eigenvalue weighted by atomic mass is 10.1. The van der Waals surface area contributed by atoms with Crippen LogP contribution in [-0.4, -0.2) is 14.4 Å². The summed E-state index contributed by atoms with van der Waals surface area (Å²) in [7, 11) is -1.40. The Hall–Kier alpha value is -2.33. The zero-order chi connectivity index (χ0) is 17.9. The molecule has 0 aliphatic heterocycles. The van der Waals surface area contributed by atoms with Crippen LogP contribution in [0.25, 0.3) is 0 Å². The second-order valence-electron chi connectivity index (χ2n) is 5.75. The molecular formula is C20H22O3S. The maximum atomic E-state index is 13.0. The van der Waals surface area contributed by atoms with Crippen LogP contribution in [0, 0.1) is 13.8 Å². The summed E-state index contributed by atoms with van der Waals surface area (Å²) in [6.45, 7) is 10.9. The van der Waals surface area contributed by atoms with Gasteiger partial charge >= 0.3 is 0 Å². The largest absolute Gasteiger partial charge is 0.507 e. The molecule has 2 rings (SSSR count). The number of aryl methyl sites for hydroxylation is 2. The molecule has 0 saturated heterocycles. The fourth-order valence-corrected chi connectivity index (χ4v) is 3.94. The highest BCUT2D eigenvalue weighted by Gasteiger charge is 2.15. The van der Waals surface area contributed by atoms with Gasteiger partial charge in [0.05, 0.1) is 10.8 Å². The molecule has 0 heterocycles. The molecule has 3 nitrogen and oxygen atoms in total. The first-order valence-electron chi connectivity index (χ1n) is 7.67. The molecule has 0 fully saturated rings. The van der Waals surface area contributed by atoms with Crippen molar-refractivity contribution in [3.05, 3.63) is 71.8 Å².